The van der Waals surface area contributed by atoms with Gasteiger partial charge in [0.25, 0.3) is 0 Å². The predicted molar refractivity (Wildman–Crippen MR) is 72.6 cm³/mol. The minimum atomic E-state index is 0. The third-order valence-corrected chi connectivity index (χ3v) is 3.40. The summed E-state index contributed by atoms with van der Waals surface area (Å²) in [6.07, 6.45) is 3.00. The monoisotopic (exact) mass is 274 g/mol. The van der Waals surface area contributed by atoms with Crippen molar-refractivity contribution < 1.29 is 4.52 Å². The van der Waals surface area contributed by atoms with Crippen molar-refractivity contribution in [1.82, 2.24) is 15.0 Å². The second kappa shape index (κ2) is 7.07. The molecular formula is C12H23ClN4O. The first-order valence-electron chi connectivity index (χ1n) is 6.48. The number of hydrogen-bond donors (Lipinski definition) is 1. The summed E-state index contributed by atoms with van der Waals surface area (Å²) >= 11 is 0. The van der Waals surface area contributed by atoms with Gasteiger partial charge in [0.15, 0.2) is 5.82 Å². The summed E-state index contributed by atoms with van der Waals surface area (Å²) < 4.78 is 5.25. The quantitative estimate of drug-likeness (QED) is 0.903. The lowest BCUT2D eigenvalue weighted by Crippen LogP contribution is -2.45. The van der Waals surface area contributed by atoms with Gasteiger partial charge in [-0.05, 0) is 18.8 Å². The van der Waals surface area contributed by atoms with Gasteiger partial charge in [0.05, 0.1) is 6.54 Å². The van der Waals surface area contributed by atoms with Gasteiger partial charge < -0.3 is 10.3 Å². The molecule has 5 nitrogen and oxygen atoms in total. The lowest BCUT2D eigenvalue weighted by atomic mass is 9.95. The molecule has 0 saturated carbocycles. The van der Waals surface area contributed by atoms with Crippen molar-refractivity contribution in [3.05, 3.63) is 11.7 Å². The molecule has 1 saturated heterocycles. The van der Waals surface area contributed by atoms with Gasteiger partial charge in [0.1, 0.15) is 0 Å². The molecule has 2 rings (SSSR count). The van der Waals surface area contributed by atoms with Crippen LogP contribution in [0.5, 0.6) is 0 Å². The Morgan fingerprint density at radius 3 is 2.94 bits per heavy atom. The number of halogens is 1. The van der Waals surface area contributed by atoms with E-state index in [0.717, 1.165) is 50.6 Å². The molecule has 0 aromatic carbocycles. The van der Waals surface area contributed by atoms with Gasteiger partial charge in [-0.15, -0.1) is 12.4 Å². The first kappa shape index (κ1) is 15.4. The van der Waals surface area contributed by atoms with Crippen molar-refractivity contribution in [1.29, 1.82) is 0 Å². The Balaban J connectivity index is 0.00000162. The highest BCUT2D eigenvalue weighted by Gasteiger charge is 2.24. The number of likely N-dealkylation sites (tertiary alicyclic amines) is 1. The van der Waals surface area contributed by atoms with E-state index in [1.807, 2.05) is 0 Å². The number of nitrogens with two attached hydrogens (primary N) is 1. The molecule has 1 fully saturated rings. The van der Waals surface area contributed by atoms with E-state index in [4.69, 9.17) is 10.3 Å². The smallest absolute Gasteiger partial charge is 0.240 e. The van der Waals surface area contributed by atoms with E-state index < -0.39 is 0 Å². The van der Waals surface area contributed by atoms with E-state index in [-0.39, 0.29) is 12.4 Å². The van der Waals surface area contributed by atoms with Crippen LogP contribution in [0.15, 0.2) is 4.52 Å². The summed E-state index contributed by atoms with van der Waals surface area (Å²) in [5.74, 6) is 2.10. The van der Waals surface area contributed by atoms with Crippen LogP contribution in [0.4, 0.5) is 0 Å². The molecule has 2 atom stereocenters. The van der Waals surface area contributed by atoms with Gasteiger partial charge in [-0.2, -0.15) is 4.98 Å². The van der Waals surface area contributed by atoms with Crippen molar-refractivity contribution >= 4 is 12.4 Å². The first-order valence-corrected chi connectivity index (χ1v) is 6.48. The van der Waals surface area contributed by atoms with Gasteiger partial charge in [-0.25, -0.2) is 0 Å². The van der Waals surface area contributed by atoms with Gasteiger partial charge in [-0.1, -0.05) is 19.0 Å². The zero-order valence-corrected chi connectivity index (χ0v) is 11.9. The maximum Gasteiger partial charge on any atom is 0.240 e. The summed E-state index contributed by atoms with van der Waals surface area (Å²) in [5, 5.41) is 3.97. The molecule has 2 N–H and O–H groups in total. The molecule has 6 heteroatoms. The number of aromatic nitrogens is 2. The van der Waals surface area contributed by atoms with Crippen LogP contribution < -0.4 is 5.73 Å². The molecule has 1 aliphatic heterocycles. The second-order valence-corrected chi connectivity index (χ2v) is 5.02. The van der Waals surface area contributed by atoms with Gasteiger partial charge in [0, 0.05) is 25.6 Å². The van der Waals surface area contributed by atoms with Crippen molar-refractivity contribution in [3.8, 4) is 0 Å². The molecule has 1 aliphatic rings. The van der Waals surface area contributed by atoms with Crippen LogP contribution in [-0.2, 0) is 13.0 Å². The van der Waals surface area contributed by atoms with Crippen LogP contribution in [0, 0.1) is 5.92 Å². The molecule has 1 aromatic rings. The van der Waals surface area contributed by atoms with Crippen LogP contribution in [0.25, 0.3) is 0 Å². The number of rotatable bonds is 4. The Kier molecular flexibility index (Phi) is 6.05. The number of aryl methyl sites for hydroxylation is 1. The molecule has 0 amide bonds. The third kappa shape index (κ3) is 3.93. The van der Waals surface area contributed by atoms with Gasteiger partial charge >= 0.3 is 0 Å². The third-order valence-electron chi connectivity index (χ3n) is 3.40. The van der Waals surface area contributed by atoms with Crippen LogP contribution >= 0.6 is 12.4 Å². The molecule has 0 aliphatic carbocycles. The predicted octanol–water partition coefficient (Wildman–Crippen LogP) is 1.61. The van der Waals surface area contributed by atoms with Crippen molar-refractivity contribution in [3.63, 3.8) is 0 Å². The number of piperidine rings is 1. The average molecular weight is 275 g/mol. The van der Waals surface area contributed by atoms with Crippen LogP contribution in [0.3, 0.4) is 0 Å². The maximum atomic E-state index is 6.00. The van der Waals surface area contributed by atoms with E-state index in [9.17, 15) is 0 Å². The Morgan fingerprint density at radius 1 is 1.50 bits per heavy atom. The highest BCUT2D eigenvalue weighted by atomic mass is 35.5. The molecule has 18 heavy (non-hydrogen) atoms. The molecule has 2 unspecified atom stereocenters. The fourth-order valence-electron chi connectivity index (χ4n) is 2.26. The van der Waals surface area contributed by atoms with Gasteiger partial charge in [0.2, 0.25) is 5.89 Å². The zero-order chi connectivity index (χ0) is 12.3. The molecule has 0 radical (unpaired) electrons. The number of hydrogen-bond acceptors (Lipinski definition) is 5. The minimum absolute atomic E-state index is 0. The summed E-state index contributed by atoms with van der Waals surface area (Å²) in [4.78, 5) is 6.73. The average Bonchev–Trinajstić information content (AvgIpc) is 2.72. The van der Waals surface area contributed by atoms with E-state index in [1.165, 1.54) is 0 Å². The first-order chi connectivity index (χ1) is 8.19. The molecule has 0 spiro atoms. The molecule has 2 heterocycles. The van der Waals surface area contributed by atoms with Crippen molar-refractivity contribution in [2.75, 3.05) is 13.1 Å². The largest absolute Gasteiger partial charge is 0.338 e. The molecular weight excluding hydrogens is 252 g/mol. The van der Waals surface area contributed by atoms with E-state index >= 15 is 0 Å². The molecule has 0 bridgehead atoms. The van der Waals surface area contributed by atoms with Gasteiger partial charge in [-0.3, -0.25) is 4.90 Å². The highest BCUT2D eigenvalue weighted by molar-refractivity contribution is 5.85. The lowest BCUT2D eigenvalue weighted by molar-refractivity contribution is 0.142. The fourth-order valence-corrected chi connectivity index (χ4v) is 2.26. The standard InChI is InChI=1S/C12H22N4O.ClH/c1-3-4-11-14-12(17-15-11)8-16-6-5-10(13)9(2)7-16;/h9-10H,3-8,13H2,1-2H3;1H. The topological polar surface area (TPSA) is 68.2 Å². The van der Waals surface area contributed by atoms with Crippen molar-refractivity contribution in [2.24, 2.45) is 11.7 Å². The highest BCUT2D eigenvalue weighted by Crippen LogP contribution is 2.16. The Hall–Kier alpha value is -0.650. The van der Waals surface area contributed by atoms with Crippen LogP contribution in [0.1, 0.15) is 38.4 Å². The Bertz CT molecular complexity index is 358. The maximum absolute atomic E-state index is 6.00. The Morgan fingerprint density at radius 2 is 2.28 bits per heavy atom. The normalized spacial score (nSPS) is 24.8. The van der Waals surface area contributed by atoms with E-state index in [0.29, 0.717) is 12.0 Å². The van der Waals surface area contributed by atoms with E-state index in [1.54, 1.807) is 0 Å². The Labute approximate surface area is 115 Å². The SMILES string of the molecule is CCCc1noc(CN2CCC(N)C(C)C2)n1.Cl. The summed E-state index contributed by atoms with van der Waals surface area (Å²) in [6.45, 7) is 7.12. The fraction of sp³-hybridized carbons (Fsp3) is 0.833. The minimum Gasteiger partial charge on any atom is -0.338 e. The van der Waals surface area contributed by atoms with Crippen LogP contribution in [0.2, 0.25) is 0 Å². The summed E-state index contributed by atoms with van der Waals surface area (Å²) in [7, 11) is 0. The van der Waals surface area contributed by atoms with Crippen molar-refractivity contribution in [2.45, 2.75) is 45.7 Å². The number of nitrogens with zero attached hydrogens (tertiary/aromatic N) is 3. The molecule has 104 valence electrons. The summed E-state index contributed by atoms with van der Waals surface area (Å²) in [5.41, 5.74) is 6.00. The lowest BCUT2D eigenvalue weighted by Gasteiger charge is -2.34. The zero-order valence-electron chi connectivity index (χ0n) is 11.1. The second-order valence-electron chi connectivity index (χ2n) is 5.02. The van der Waals surface area contributed by atoms with E-state index in [2.05, 4.69) is 28.9 Å². The van der Waals surface area contributed by atoms with Crippen LogP contribution in [-0.4, -0.2) is 34.2 Å². The summed E-state index contributed by atoms with van der Waals surface area (Å²) in [6, 6.07) is 0.338. The molecule has 1 aromatic heterocycles.